The van der Waals surface area contributed by atoms with Gasteiger partial charge < -0.3 is 15.0 Å². The van der Waals surface area contributed by atoms with Crippen molar-refractivity contribution in [2.24, 2.45) is 0 Å². The Hall–Kier alpha value is -4.98. The van der Waals surface area contributed by atoms with Crippen molar-refractivity contribution in [1.82, 2.24) is 38.8 Å². The number of pyridine rings is 1. The highest BCUT2D eigenvalue weighted by Crippen LogP contribution is 2.29. The monoisotopic (exact) mass is 734 g/mol. The van der Waals surface area contributed by atoms with Gasteiger partial charge in [0.05, 0.1) is 23.9 Å². The fourth-order valence-corrected chi connectivity index (χ4v) is 8.43. The first-order valence-electron chi connectivity index (χ1n) is 19.3. The number of aromatic nitrogens is 5. The summed E-state index contributed by atoms with van der Waals surface area (Å²) in [6, 6.07) is 16.6. The van der Waals surface area contributed by atoms with Gasteiger partial charge in [0, 0.05) is 57.4 Å². The molecule has 2 aliphatic heterocycles. The number of aliphatic hydroxyl groups is 1. The number of rotatable bonds is 9. The van der Waals surface area contributed by atoms with Crippen molar-refractivity contribution in [2.75, 3.05) is 39.3 Å². The van der Waals surface area contributed by atoms with E-state index < -0.39 is 23.1 Å². The van der Waals surface area contributed by atoms with Crippen LogP contribution in [0.4, 0.5) is 4.39 Å². The maximum atomic E-state index is 14.6. The molecule has 1 amide bonds. The van der Waals surface area contributed by atoms with Gasteiger partial charge in [0.25, 0.3) is 11.5 Å². The highest BCUT2D eigenvalue weighted by Gasteiger charge is 2.29. The van der Waals surface area contributed by atoms with Gasteiger partial charge in [0.15, 0.2) is 5.65 Å². The number of carbonyl (C=O) groups excluding carboxylic acids is 1. The van der Waals surface area contributed by atoms with E-state index in [2.05, 4.69) is 53.9 Å². The van der Waals surface area contributed by atoms with Crippen molar-refractivity contribution in [1.29, 1.82) is 0 Å². The third kappa shape index (κ3) is 7.53. The van der Waals surface area contributed by atoms with Crippen LogP contribution in [0.3, 0.4) is 0 Å². The molecule has 0 spiro atoms. The topological polar surface area (TPSA) is 131 Å². The predicted molar refractivity (Wildman–Crippen MR) is 204 cm³/mol. The molecule has 54 heavy (non-hydrogen) atoms. The minimum atomic E-state index is -0.653. The Morgan fingerprint density at radius 1 is 0.889 bits per heavy atom. The summed E-state index contributed by atoms with van der Waals surface area (Å²) in [5.74, 6) is 0.0915. The van der Waals surface area contributed by atoms with Gasteiger partial charge in [-0.15, -0.1) is 0 Å². The molecule has 5 aromatic rings. The second kappa shape index (κ2) is 15.8. The van der Waals surface area contributed by atoms with Gasteiger partial charge >= 0.3 is 5.69 Å². The van der Waals surface area contributed by atoms with Crippen LogP contribution in [0.2, 0.25) is 0 Å². The standard InChI is InChI=1S/C41H47FN8O4/c42-31-24-35-38(43-25-31)49(34-6-3-5-30(23-34)29-10-8-28(9-11-29)26-47-17-4-16-46(19-20-47)21-22-51)41(54)50(40(35)53)33-14-12-32(13-15-33)44-39(52)36-27-48-18-2-1-7-37(48)45-36/h3,5-6,8-11,23-25,27,32-33,51H,1-2,4,7,12-22,26H2,(H,44,52). The van der Waals surface area contributed by atoms with Crippen LogP contribution in [0.15, 0.2) is 76.6 Å². The molecule has 2 aromatic carbocycles. The van der Waals surface area contributed by atoms with E-state index in [1.807, 2.05) is 24.4 Å². The lowest BCUT2D eigenvalue weighted by atomic mass is 9.90. The summed E-state index contributed by atoms with van der Waals surface area (Å²) < 4.78 is 19.3. The molecule has 282 valence electrons. The Labute approximate surface area is 312 Å². The number of carbonyl (C=O) groups is 1. The molecule has 8 rings (SSSR count). The van der Waals surface area contributed by atoms with E-state index in [-0.39, 0.29) is 29.6 Å². The highest BCUT2D eigenvalue weighted by molar-refractivity contribution is 5.92. The van der Waals surface area contributed by atoms with Gasteiger partial charge in [-0.2, -0.15) is 0 Å². The molecule has 12 nitrogen and oxygen atoms in total. The molecule has 0 atom stereocenters. The quantitative estimate of drug-likeness (QED) is 0.230. The van der Waals surface area contributed by atoms with Gasteiger partial charge in [-0.3, -0.25) is 24.0 Å². The zero-order valence-corrected chi connectivity index (χ0v) is 30.5. The van der Waals surface area contributed by atoms with E-state index in [4.69, 9.17) is 0 Å². The molecular formula is C41H47FN8O4. The Bertz CT molecular complexity index is 2230. The maximum Gasteiger partial charge on any atom is 0.337 e. The molecule has 1 saturated carbocycles. The number of nitrogens with zero attached hydrogens (tertiary/aromatic N) is 7. The van der Waals surface area contributed by atoms with Crippen LogP contribution in [-0.2, 0) is 19.5 Å². The van der Waals surface area contributed by atoms with Gasteiger partial charge in [-0.1, -0.05) is 36.4 Å². The average Bonchev–Trinajstić information content (AvgIpc) is 3.51. The number of imidazole rings is 1. The van der Waals surface area contributed by atoms with Gasteiger partial charge in [-0.05, 0) is 92.9 Å². The van der Waals surface area contributed by atoms with Crippen molar-refractivity contribution < 1.29 is 14.3 Å². The van der Waals surface area contributed by atoms with E-state index in [0.717, 1.165) is 94.2 Å². The number of fused-ring (bicyclic) bond motifs is 2. The third-order valence-electron chi connectivity index (χ3n) is 11.3. The van der Waals surface area contributed by atoms with E-state index in [0.29, 0.717) is 43.6 Å². The average molecular weight is 735 g/mol. The molecule has 5 heterocycles. The Morgan fingerprint density at radius 2 is 1.69 bits per heavy atom. The molecule has 2 N–H and O–H groups in total. The summed E-state index contributed by atoms with van der Waals surface area (Å²) in [6.45, 7) is 6.54. The summed E-state index contributed by atoms with van der Waals surface area (Å²) in [4.78, 5) is 54.9. The first-order valence-corrected chi connectivity index (χ1v) is 19.3. The summed E-state index contributed by atoms with van der Waals surface area (Å²) in [7, 11) is 0. The number of hydrogen-bond donors (Lipinski definition) is 2. The number of amides is 1. The van der Waals surface area contributed by atoms with Crippen molar-refractivity contribution in [3.63, 3.8) is 0 Å². The van der Waals surface area contributed by atoms with Crippen LogP contribution in [0, 0.1) is 5.82 Å². The fourth-order valence-electron chi connectivity index (χ4n) is 8.43. The molecule has 13 heteroatoms. The number of nitrogens with one attached hydrogen (secondary N) is 1. The smallest absolute Gasteiger partial charge is 0.337 e. The van der Waals surface area contributed by atoms with Crippen LogP contribution in [0.1, 0.15) is 72.9 Å². The first-order chi connectivity index (χ1) is 26.3. The molecule has 3 aliphatic rings. The second-order valence-corrected chi connectivity index (χ2v) is 14.9. The summed E-state index contributed by atoms with van der Waals surface area (Å²) >= 11 is 0. The number of hydrogen-bond acceptors (Lipinski definition) is 8. The number of aliphatic hydroxyl groups excluding tert-OH is 1. The van der Waals surface area contributed by atoms with Gasteiger partial charge in [0.2, 0.25) is 0 Å². The summed E-state index contributed by atoms with van der Waals surface area (Å²) in [6.07, 6.45) is 9.13. The summed E-state index contributed by atoms with van der Waals surface area (Å²) in [5.41, 5.74) is 3.05. The van der Waals surface area contributed by atoms with Crippen molar-refractivity contribution >= 4 is 16.9 Å². The van der Waals surface area contributed by atoms with Crippen LogP contribution in [0.5, 0.6) is 0 Å². The Kier molecular flexibility index (Phi) is 10.5. The van der Waals surface area contributed by atoms with Crippen LogP contribution in [0.25, 0.3) is 27.8 Å². The van der Waals surface area contributed by atoms with E-state index >= 15 is 0 Å². The van der Waals surface area contributed by atoms with Crippen LogP contribution >= 0.6 is 0 Å². The molecule has 0 radical (unpaired) electrons. The Balaban J connectivity index is 1.02. The normalized spacial score (nSPS) is 19.7. The minimum Gasteiger partial charge on any atom is -0.395 e. The van der Waals surface area contributed by atoms with Crippen LogP contribution in [-0.4, -0.2) is 89.9 Å². The fraction of sp³-hybridized carbons (Fsp3) is 0.439. The number of aryl methyl sites for hydroxylation is 2. The lowest BCUT2D eigenvalue weighted by Gasteiger charge is -2.30. The van der Waals surface area contributed by atoms with Gasteiger partial charge in [0.1, 0.15) is 17.3 Å². The molecule has 1 aliphatic carbocycles. The summed E-state index contributed by atoms with van der Waals surface area (Å²) in [5, 5.41) is 12.5. The number of β-amino-alcohol motifs (C(OH)–C–C–N with tert-alkyl or cyclic N) is 1. The molecular weight excluding hydrogens is 688 g/mol. The molecule has 2 fully saturated rings. The van der Waals surface area contributed by atoms with Gasteiger partial charge in [-0.25, -0.2) is 23.7 Å². The Morgan fingerprint density at radius 3 is 2.48 bits per heavy atom. The molecule has 0 unspecified atom stereocenters. The lowest BCUT2D eigenvalue weighted by molar-refractivity contribution is 0.0917. The van der Waals surface area contributed by atoms with E-state index in [1.54, 1.807) is 6.07 Å². The third-order valence-corrected chi connectivity index (χ3v) is 11.3. The number of benzene rings is 2. The van der Waals surface area contributed by atoms with Crippen LogP contribution < -0.4 is 16.6 Å². The first kappa shape index (κ1) is 36.0. The molecule has 3 aromatic heterocycles. The van der Waals surface area contributed by atoms with Crippen molar-refractivity contribution in [3.05, 3.63) is 111 Å². The SMILES string of the molecule is O=C(NC1CCC(n2c(=O)c3cc(F)cnc3n(-c3cccc(-c4ccc(CN5CCCN(CCO)CC5)cc4)c3)c2=O)CC1)c1cn2c(n1)CCCC2. The number of halogens is 1. The zero-order valence-electron chi connectivity index (χ0n) is 30.5. The second-order valence-electron chi connectivity index (χ2n) is 14.9. The maximum absolute atomic E-state index is 14.6. The minimum absolute atomic E-state index is 0.0384. The van der Waals surface area contributed by atoms with E-state index in [9.17, 15) is 23.9 Å². The lowest BCUT2D eigenvalue weighted by Crippen LogP contribution is -2.45. The van der Waals surface area contributed by atoms with Crippen molar-refractivity contribution in [3.8, 4) is 16.8 Å². The molecule has 1 saturated heterocycles. The highest BCUT2D eigenvalue weighted by atomic mass is 19.1. The van der Waals surface area contributed by atoms with E-state index in [1.165, 1.54) is 14.7 Å². The predicted octanol–water partition coefficient (Wildman–Crippen LogP) is 4.30. The zero-order chi connectivity index (χ0) is 37.2. The van der Waals surface area contributed by atoms with Crippen molar-refractivity contribution in [2.45, 2.75) is 76.5 Å². The largest absolute Gasteiger partial charge is 0.395 e. The molecule has 0 bridgehead atoms.